The molecule has 2 nitrogen and oxygen atoms in total. The molecule has 0 bridgehead atoms. The Kier molecular flexibility index (Phi) is 15.0. The van der Waals surface area contributed by atoms with Gasteiger partial charge in [-0.05, 0) is 19.2 Å². The fraction of sp³-hybridized carbons (Fsp3) is 0.867. The van der Waals surface area contributed by atoms with E-state index in [1.807, 2.05) is 6.08 Å². The molecule has 0 aliphatic heterocycles. The van der Waals surface area contributed by atoms with Crippen LogP contribution in [0.1, 0.15) is 71.1 Å². The quantitative estimate of drug-likeness (QED) is 0.478. The normalized spacial score (nSPS) is 11.4. The third-order valence-corrected chi connectivity index (χ3v) is 3.11. The first-order valence-electron chi connectivity index (χ1n) is 7.49. The Balaban J connectivity index is 2.89. The third-order valence-electron chi connectivity index (χ3n) is 3.11. The molecule has 0 aliphatic rings. The summed E-state index contributed by atoms with van der Waals surface area (Å²) in [6, 6.07) is 0. The summed E-state index contributed by atoms with van der Waals surface area (Å²) < 4.78 is 0. The number of hydrogen-bond donors (Lipinski definition) is 2. The highest BCUT2D eigenvalue weighted by Gasteiger charge is 1.92. The van der Waals surface area contributed by atoms with Crippen molar-refractivity contribution in [2.45, 2.75) is 71.1 Å². The van der Waals surface area contributed by atoms with Gasteiger partial charge < -0.3 is 11.1 Å². The van der Waals surface area contributed by atoms with Crippen LogP contribution in [0.3, 0.4) is 0 Å². The van der Waals surface area contributed by atoms with Gasteiger partial charge in [-0.15, -0.1) is 0 Å². The standard InChI is InChI=1S/C15H32N2/c1-2-3-4-5-6-7-8-9-10-11-14-17-15-12-13-16/h12-13,17H,2-11,14-16H2,1H3. The van der Waals surface area contributed by atoms with E-state index in [0.717, 1.165) is 13.1 Å². The van der Waals surface area contributed by atoms with Crippen LogP contribution in [0.4, 0.5) is 0 Å². The van der Waals surface area contributed by atoms with Crippen molar-refractivity contribution in [3.63, 3.8) is 0 Å². The van der Waals surface area contributed by atoms with Crippen LogP contribution in [0, 0.1) is 0 Å². The minimum absolute atomic E-state index is 0.911. The van der Waals surface area contributed by atoms with E-state index in [1.54, 1.807) is 6.20 Å². The molecule has 0 aromatic heterocycles. The summed E-state index contributed by atoms with van der Waals surface area (Å²) in [5, 5.41) is 3.34. The molecule has 0 unspecified atom stereocenters. The number of nitrogens with two attached hydrogens (primary N) is 1. The molecule has 0 spiro atoms. The van der Waals surface area contributed by atoms with Crippen molar-refractivity contribution in [1.29, 1.82) is 0 Å². The van der Waals surface area contributed by atoms with Gasteiger partial charge in [-0.2, -0.15) is 0 Å². The second-order valence-corrected chi connectivity index (χ2v) is 4.81. The lowest BCUT2D eigenvalue weighted by molar-refractivity contribution is 0.549. The second-order valence-electron chi connectivity index (χ2n) is 4.81. The van der Waals surface area contributed by atoms with E-state index in [2.05, 4.69) is 12.2 Å². The van der Waals surface area contributed by atoms with Crippen LogP contribution in [0.25, 0.3) is 0 Å². The molecule has 0 radical (unpaired) electrons. The molecule has 2 heteroatoms. The SMILES string of the molecule is CCCCCCCCCCCCNCC=CN. The molecule has 0 amide bonds. The molecule has 0 aromatic rings. The van der Waals surface area contributed by atoms with Gasteiger partial charge in [-0.3, -0.25) is 0 Å². The first kappa shape index (κ1) is 16.5. The van der Waals surface area contributed by atoms with Crippen LogP contribution >= 0.6 is 0 Å². The van der Waals surface area contributed by atoms with Crippen molar-refractivity contribution >= 4 is 0 Å². The second kappa shape index (κ2) is 15.5. The molecule has 0 saturated heterocycles. The lowest BCUT2D eigenvalue weighted by Crippen LogP contribution is -2.15. The maximum atomic E-state index is 5.25. The van der Waals surface area contributed by atoms with Crippen molar-refractivity contribution in [1.82, 2.24) is 5.32 Å². The first-order valence-corrected chi connectivity index (χ1v) is 7.49. The molecule has 0 fully saturated rings. The predicted molar refractivity (Wildman–Crippen MR) is 78.0 cm³/mol. The predicted octanol–water partition coefficient (Wildman–Crippen LogP) is 3.97. The van der Waals surface area contributed by atoms with E-state index in [9.17, 15) is 0 Å². The first-order chi connectivity index (χ1) is 8.41. The number of nitrogens with one attached hydrogen (secondary N) is 1. The Bertz CT molecular complexity index is 155. The zero-order valence-electron chi connectivity index (χ0n) is 11.7. The molecule has 0 rings (SSSR count). The minimum atomic E-state index is 0.911. The van der Waals surface area contributed by atoms with Crippen LogP contribution in [-0.4, -0.2) is 13.1 Å². The topological polar surface area (TPSA) is 38.0 Å². The highest BCUT2D eigenvalue weighted by Crippen LogP contribution is 2.10. The molecule has 0 saturated carbocycles. The Morgan fingerprint density at radius 2 is 1.35 bits per heavy atom. The molecule has 17 heavy (non-hydrogen) atoms. The number of hydrogen-bond acceptors (Lipinski definition) is 2. The summed E-state index contributed by atoms with van der Waals surface area (Å²) in [5.41, 5.74) is 5.25. The average molecular weight is 240 g/mol. The average Bonchev–Trinajstić information content (AvgIpc) is 2.35. The molecule has 0 heterocycles. The molecule has 0 atom stereocenters. The molecule has 0 aliphatic carbocycles. The fourth-order valence-electron chi connectivity index (χ4n) is 1.99. The maximum absolute atomic E-state index is 5.25. The zero-order valence-corrected chi connectivity index (χ0v) is 11.7. The van der Waals surface area contributed by atoms with Crippen LogP contribution in [0.5, 0.6) is 0 Å². The molecular formula is C15H32N2. The van der Waals surface area contributed by atoms with E-state index < -0.39 is 0 Å². The Morgan fingerprint density at radius 1 is 0.824 bits per heavy atom. The van der Waals surface area contributed by atoms with E-state index in [-0.39, 0.29) is 0 Å². The van der Waals surface area contributed by atoms with Gasteiger partial charge >= 0.3 is 0 Å². The Hall–Kier alpha value is -0.500. The minimum Gasteiger partial charge on any atom is -0.405 e. The monoisotopic (exact) mass is 240 g/mol. The summed E-state index contributed by atoms with van der Waals surface area (Å²) >= 11 is 0. The van der Waals surface area contributed by atoms with Crippen LogP contribution in [-0.2, 0) is 0 Å². The largest absolute Gasteiger partial charge is 0.405 e. The smallest absolute Gasteiger partial charge is 0.0151 e. The van der Waals surface area contributed by atoms with Crippen molar-refractivity contribution in [3.8, 4) is 0 Å². The van der Waals surface area contributed by atoms with Crippen LogP contribution < -0.4 is 11.1 Å². The lowest BCUT2D eigenvalue weighted by Gasteiger charge is -2.03. The number of unbranched alkanes of at least 4 members (excludes halogenated alkanes) is 9. The van der Waals surface area contributed by atoms with Crippen LogP contribution in [0.15, 0.2) is 12.3 Å². The number of rotatable bonds is 13. The summed E-state index contributed by atoms with van der Waals surface area (Å²) in [6.45, 7) is 4.31. The van der Waals surface area contributed by atoms with Gasteiger partial charge in [0.25, 0.3) is 0 Å². The van der Waals surface area contributed by atoms with E-state index in [0.29, 0.717) is 0 Å². The van der Waals surface area contributed by atoms with E-state index >= 15 is 0 Å². The summed E-state index contributed by atoms with van der Waals surface area (Å²) in [7, 11) is 0. The highest BCUT2D eigenvalue weighted by molar-refractivity contribution is 4.77. The summed E-state index contributed by atoms with van der Waals surface area (Å²) in [4.78, 5) is 0. The zero-order chi connectivity index (χ0) is 12.6. The van der Waals surface area contributed by atoms with Gasteiger partial charge in [0, 0.05) is 6.54 Å². The fourth-order valence-corrected chi connectivity index (χ4v) is 1.99. The summed E-state index contributed by atoms with van der Waals surface area (Å²) in [6.07, 6.45) is 17.6. The van der Waals surface area contributed by atoms with Crippen LogP contribution in [0.2, 0.25) is 0 Å². The van der Waals surface area contributed by atoms with Gasteiger partial charge in [-0.1, -0.05) is 70.8 Å². The molecule has 102 valence electrons. The van der Waals surface area contributed by atoms with Gasteiger partial charge in [-0.25, -0.2) is 0 Å². The van der Waals surface area contributed by atoms with Gasteiger partial charge in [0.05, 0.1) is 0 Å². The lowest BCUT2D eigenvalue weighted by atomic mass is 10.1. The van der Waals surface area contributed by atoms with Gasteiger partial charge in [0.15, 0.2) is 0 Å². The summed E-state index contributed by atoms with van der Waals surface area (Å²) in [5.74, 6) is 0. The van der Waals surface area contributed by atoms with E-state index in [4.69, 9.17) is 5.73 Å². The maximum Gasteiger partial charge on any atom is 0.0151 e. The molecular weight excluding hydrogens is 208 g/mol. The van der Waals surface area contributed by atoms with Gasteiger partial charge in [0.1, 0.15) is 0 Å². The third kappa shape index (κ3) is 15.5. The van der Waals surface area contributed by atoms with Crippen molar-refractivity contribution < 1.29 is 0 Å². The van der Waals surface area contributed by atoms with Crippen molar-refractivity contribution in [2.24, 2.45) is 5.73 Å². The van der Waals surface area contributed by atoms with Gasteiger partial charge in [0.2, 0.25) is 0 Å². The van der Waals surface area contributed by atoms with Crippen molar-refractivity contribution in [3.05, 3.63) is 12.3 Å². The molecule has 3 N–H and O–H groups in total. The highest BCUT2D eigenvalue weighted by atomic mass is 14.8. The van der Waals surface area contributed by atoms with E-state index in [1.165, 1.54) is 64.2 Å². The Labute approximate surface area is 108 Å². The van der Waals surface area contributed by atoms with Crippen molar-refractivity contribution in [2.75, 3.05) is 13.1 Å². The Morgan fingerprint density at radius 3 is 1.88 bits per heavy atom. The molecule has 0 aromatic carbocycles.